The summed E-state index contributed by atoms with van der Waals surface area (Å²) < 4.78 is 6.35. The van der Waals surface area contributed by atoms with Crippen molar-refractivity contribution in [3.8, 4) is 0 Å². The zero-order valence-corrected chi connectivity index (χ0v) is 22.4. The fourth-order valence-corrected chi connectivity index (χ4v) is 4.63. The van der Waals surface area contributed by atoms with E-state index in [1.54, 1.807) is 0 Å². The zero-order valence-electron chi connectivity index (χ0n) is 22.4. The monoisotopic (exact) mass is 438 g/mol. The summed E-state index contributed by atoms with van der Waals surface area (Å²) in [5.41, 5.74) is 0. The number of hydrogen-bond acceptors (Lipinski definition) is 1. The molecule has 0 saturated carbocycles. The SMILES string of the molecule is CCCCCCCCCCCCCCC(CCCCCCCC)OCCCCCCC. The minimum absolute atomic E-state index is 0.542. The van der Waals surface area contributed by atoms with E-state index in [2.05, 4.69) is 20.8 Å². The minimum Gasteiger partial charge on any atom is -0.378 e. The molecule has 1 unspecified atom stereocenters. The molecule has 0 rings (SSSR count). The summed E-state index contributed by atoms with van der Waals surface area (Å²) in [4.78, 5) is 0. The van der Waals surface area contributed by atoms with E-state index in [1.807, 2.05) is 0 Å². The second kappa shape index (κ2) is 28.0. The summed E-state index contributed by atoms with van der Waals surface area (Å²) in [5, 5.41) is 0. The fraction of sp³-hybridized carbons (Fsp3) is 1.00. The molecule has 0 spiro atoms. The maximum Gasteiger partial charge on any atom is 0.0575 e. The van der Waals surface area contributed by atoms with Crippen molar-refractivity contribution in [3.63, 3.8) is 0 Å². The summed E-state index contributed by atoms with van der Waals surface area (Å²) in [6, 6.07) is 0. The molecule has 1 atom stereocenters. The van der Waals surface area contributed by atoms with Crippen molar-refractivity contribution >= 4 is 0 Å². The van der Waals surface area contributed by atoms with Crippen molar-refractivity contribution in [2.24, 2.45) is 0 Å². The van der Waals surface area contributed by atoms with Gasteiger partial charge in [-0.3, -0.25) is 0 Å². The highest BCUT2D eigenvalue weighted by molar-refractivity contribution is 4.61. The molecule has 31 heavy (non-hydrogen) atoms. The van der Waals surface area contributed by atoms with Gasteiger partial charge in [-0.05, 0) is 19.3 Å². The quantitative estimate of drug-likeness (QED) is 0.116. The molecule has 0 aromatic rings. The third-order valence-electron chi connectivity index (χ3n) is 6.86. The molecule has 0 aromatic heterocycles. The Hall–Kier alpha value is -0.0400. The molecule has 0 aliphatic heterocycles. The Labute approximate surface area is 198 Å². The van der Waals surface area contributed by atoms with Crippen molar-refractivity contribution < 1.29 is 4.74 Å². The first-order chi connectivity index (χ1) is 15.3. The lowest BCUT2D eigenvalue weighted by Gasteiger charge is -2.18. The first-order valence-corrected chi connectivity index (χ1v) is 15.0. The van der Waals surface area contributed by atoms with Crippen LogP contribution in [0.1, 0.15) is 181 Å². The topological polar surface area (TPSA) is 9.23 Å². The van der Waals surface area contributed by atoms with Crippen LogP contribution in [0.2, 0.25) is 0 Å². The van der Waals surface area contributed by atoms with Crippen LogP contribution in [0, 0.1) is 0 Å². The average molecular weight is 439 g/mol. The highest BCUT2D eigenvalue weighted by Gasteiger charge is 2.09. The van der Waals surface area contributed by atoms with Crippen molar-refractivity contribution in [2.45, 2.75) is 187 Å². The van der Waals surface area contributed by atoms with Gasteiger partial charge in [-0.25, -0.2) is 0 Å². The highest BCUT2D eigenvalue weighted by atomic mass is 16.5. The molecule has 1 nitrogen and oxygen atoms in total. The van der Waals surface area contributed by atoms with Crippen LogP contribution in [0.25, 0.3) is 0 Å². The van der Waals surface area contributed by atoms with Crippen LogP contribution in [0.15, 0.2) is 0 Å². The molecular formula is C30H62O. The van der Waals surface area contributed by atoms with Crippen LogP contribution in [-0.4, -0.2) is 12.7 Å². The van der Waals surface area contributed by atoms with Crippen LogP contribution in [-0.2, 0) is 4.74 Å². The lowest BCUT2D eigenvalue weighted by Crippen LogP contribution is -2.14. The first kappa shape index (κ1) is 31.0. The molecule has 0 radical (unpaired) electrons. The second-order valence-electron chi connectivity index (χ2n) is 10.1. The Morgan fingerprint density at radius 3 is 1.00 bits per heavy atom. The van der Waals surface area contributed by atoms with Crippen molar-refractivity contribution in [3.05, 3.63) is 0 Å². The molecule has 0 aromatic carbocycles. The van der Waals surface area contributed by atoms with Crippen LogP contribution in [0.5, 0.6) is 0 Å². The maximum atomic E-state index is 6.35. The van der Waals surface area contributed by atoms with E-state index in [1.165, 1.54) is 161 Å². The summed E-state index contributed by atoms with van der Waals surface area (Å²) in [7, 11) is 0. The predicted molar refractivity (Wildman–Crippen MR) is 142 cm³/mol. The lowest BCUT2D eigenvalue weighted by atomic mass is 10.0. The molecule has 0 aliphatic rings. The van der Waals surface area contributed by atoms with E-state index < -0.39 is 0 Å². The summed E-state index contributed by atoms with van der Waals surface area (Å²) in [6.45, 7) is 7.90. The van der Waals surface area contributed by atoms with E-state index in [-0.39, 0.29) is 0 Å². The van der Waals surface area contributed by atoms with E-state index in [0.717, 1.165) is 6.61 Å². The summed E-state index contributed by atoms with van der Waals surface area (Å²) in [6.07, 6.45) is 35.6. The highest BCUT2D eigenvalue weighted by Crippen LogP contribution is 2.18. The van der Waals surface area contributed by atoms with Gasteiger partial charge in [-0.15, -0.1) is 0 Å². The smallest absolute Gasteiger partial charge is 0.0575 e. The van der Waals surface area contributed by atoms with E-state index in [9.17, 15) is 0 Å². The Morgan fingerprint density at radius 2 is 0.645 bits per heavy atom. The number of unbranched alkanes of at least 4 members (excludes halogenated alkanes) is 20. The Bertz CT molecular complexity index is 285. The third-order valence-corrected chi connectivity index (χ3v) is 6.86. The Balaban J connectivity index is 3.71. The normalized spacial score (nSPS) is 12.5. The Morgan fingerprint density at radius 1 is 0.355 bits per heavy atom. The molecule has 1 heteroatoms. The van der Waals surface area contributed by atoms with E-state index >= 15 is 0 Å². The van der Waals surface area contributed by atoms with E-state index in [0.29, 0.717) is 6.10 Å². The van der Waals surface area contributed by atoms with Crippen molar-refractivity contribution in [1.29, 1.82) is 0 Å². The molecule has 0 aliphatic carbocycles. The lowest BCUT2D eigenvalue weighted by molar-refractivity contribution is 0.0357. The molecule has 188 valence electrons. The Kier molecular flexibility index (Phi) is 28.0. The number of hydrogen-bond donors (Lipinski definition) is 0. The van der Waals surface area contributed by atoms with Gasteiger partial charge in [0.05, 0.1) is 6.10 Å². The van der Waals surface area contributed by atoms with Crippen LogP contribution in [0.4, 0.5) is 0 Å². The van der Waals surface area contributed by atoms with Crippen LogP contribution in [0.3, 0.4) is 0 Å². The standard InChI is InChI=1S/C30H62O/c1-4-7-10-13-15-16-17-18-19-20-22-25-28-30(27-24-21-14-11-8-5-2)31-29-26-23-12-9-6-3/h30H,4-29H2,1-3H3. The first-order valence-electron chi connectivity index (χ1n) is 15.0. The number of ether oxygens (including phenoxy) is 1. The average Bonchev–Trinajstić information content (AvgIpc) is 2.78. The van der Waals surface area contributed by atoms with E-state index in [4.69, 9.17) is 4.74 Å². The van der Waals surface area contributed by atoms with Gasteiger partial charge in [-0.2, -0.15) is 0 Å². The summed E-state index contributed by atoms with van der Waals surface area (Å²) in [5.74, 6) is 0. The van der Waals surface area contributed by atoms with Crippen LogP contribution >= 0.6 is 0 Å². The van der Waals surface area contributed by atoms with Gasteiger partial charge in [0, 0.05) is 6.61 Å². The van der Waals surface area contributed by atoms with Gasteiger partial charge >= 0.3 is 0 Å². The van der Waals surface area contributed by atoms with Crippen LogP contribution < -0.4 is 0 Å². The predicted octanol–water partition coefficient (Wildman–Crippen LogP) is 11.2. The van der Waals surface area contributed by atoms with Gasteiger partial charge in [0.1, 0.15) is 0 Å². The third kappa shape index (κ3) is 26.1. The van der Waals surface area contributed by atoms with Gasteiger partial charge in [0.15, 0.2) is 0 Å². The number of rotatable bonds is 27. The molecule has 0 heterocycles. The largest absolute Gasteiger partial charge is 0.378 e. The summed E-state index contributed by atoms with van der Waals surface area (Å²) >= 11 is 0. The van der Waals surface area contributed by atoms with Gasteiger partial charge in [0.2, 0.25) is 0 Å². The molecule has 0 fully saturated rings. The molecular weight excluding hydrogens is 376 g/mol. The molecule has 0 N–H and O–H groups in total. The minimum atomic E-state index is 0.542. The fourth-order valence-electron chi connectivity index (χ4n) is 4.63. The second-order valence-corrected chi connectivity index (χ2v) is 10.1. The molecule has 0 amide bonds. The maximum absolute atomic E-state index is 6.35. The van der Waals surface area contributed by atoms with Gasteiger partial charge in [0.25, 0.3) is 0 Å². The molecule has 0 bridgehead atoms. The van der Waals surface area contributed by atoms with Crippen molar-refractivity contribution in [1.82, 2.24) is 0 Å². The molecule has 0 saturated heterocycles. The van der Waals surface area contributed by atoms with Gasteiger partial charge < -0.3 is 4.74 Å². The van der Waals surface area contributed by atoms with Crippen molar-refractivity contribution in [2.75, 3.05) is 6.61 Å². The zero-order chi connectivity index (χ0) is 22.7. The van der Waals surface area contributed by atoms with Gasteiger partial charge in [-0.1, -0.05) is 162 Å².